The van der Waals surface area contributed by atoms with Gasteiger partial charge in [-0.15, -0.1) is 0 Å². The van der Waals surface area contributed by atoms with E-state index in [1.807, 2.05) is 20.8 Å². The summed E-state index contributed by atoms with van der Waals surface area (Å²) < 4.78 is 6.22. The normalized spacial score (nSPS) is 11.0. The summed E-state index contributed by atoms with van der Waals surface area (Å²) in [6.45, 7) is 7.03. The van der Waals surface area contributed by atoms with Gasteiger partial charge in [-0.2, -0.15) is 0 Å². The Morgan fingerprint density at radius 1 is 1.32 bits per heavy atom. The molecule has 1 rings (SSSR count). The zero-order valence-electron chi connectivity index (χ0n) is 11.5. The van der Waals surface area contributed by atoms with Crippen molar-refractivity contribution in [2.45, 2.75) is 33.2 Å². The lowest BCUT2D eigenvalue weighted by Gasteiger charge is -2.20. The highest BCUT2D eigenvalue weighted by atomic mass is 79.9. The number of Topliss-reactive ketones (excluding diaryl/α,β-unsaturated/α-hetero) is 1. The maximum atomic E-state index is 11.7. The zero-order chi connectivity index (χ0) is 14.6. The third kappa shape index (κ3) is 5.42. The van der Waals surface area contributed by atoms with E-state index in [-0.39, 0.29) is 23.8 Å². The van der Waals surface area contributed by atoms with Gasteiger partial charge in [0.2, 0.25) is 0 Å². The Morgan fingerprint density at radius 3 is 2.47 bits per heavy atom. The minimum Gasteiger partial charge on any atom is -0.483 e. The highest BCUT2D eigenvalue weighted by Gasteiger charge is 2.15. The molecule has 0 aliphatic rings. The first-order chi connectivity index (χ1) is 8.69. The smallest absolute Gasteiger partial charge is 0.258 e. The van der Waals surface area contributed by atoms with Crippen LogP contribution < -0.4 is 10.1 Å². The molecule has 0 saturated heterocycles. The predicted octanol–water partition coefficient (Wildman–Crippen LogP) is 2.95. The minimum absolute atomic E-state index is 0.0984. The number of ketones is 1. The third-order valence-corrected chi connectivity index (χ3v) is 2.69. The molecule has 0 spiro atoms. The van der Waals surface area contributed by atoms with Crippen LogP contribution in [0.3, 0.4) is 0 Å². The third-order valence-electron chi connectivity index (χ3n) is 2.20. The van der Waals surface area contributed by atoms with Gasteiger partial charge in [0.25, 0.3) is 5.91 Å². The number of nitrogens with one attached hydrogen (secondary N) is 1. The molecular weight excluding hydrogens is 310 g/mol. The lowest BCUT2D eigenvalue weighted by molar-refractivity contribution is -0.124. The fourth-order valence-corrected chi connectivity index (χ4v) is 1.84. The number of hydrogen-bond acceptors (Lipinski definition) is 3. The zero-order valence-corrected chi connectivity index (χ0v) is 13.1. The summed E-state index contributed by atoms with van der Waals surface area (Å²) in [6.07, 6.45) is 0. The van der Waals surface area contributed by atoms with Gasteiger partial charge in [-0.1, -0.05) is 15.9 Å². The average molecular weight is 328 g/mol. The largest absolute Gasteiger partial charge is 0.483 e. The van der Waals surface area contributed by atoms with E-state index in [0.29, 0.717) is 11.3 Å². The van der Waals surface area contributed by atoms with E-state index in [9.17, 15) is 9.59 Å². The topological polar surface area (TPSA) is 55.4 Å². The van der Waals surface area contributed by atoms with Crippen LogP contribution in [-0.4, -0.2) is 23.8 Å². The summed E-state index contributed by atoms with van der Waals surface area (Å²) in [5.41, 5.74) is 0.160. The molecule has 0 bridgehead atoms. The molecule has 1 aromatic carbocycles. The molecule has 0 atom stereocenters. The van der Waals surface area contributed by atoms with Gasteiger partial charge in [-0.3, -0.25) is 9.59 Å². The van der Waals surface area contributed by atoms with Crippen LogP contribution in [0.25, 0.3) is 0 Å². The van der Waals surface area contributed by atoms with E-state index in [1.165, 1.54) is 6.92 Å². The Morgan fingerprint density at radius 2 is 1.95 bits per heavy atom. The van der Waals surface area contributed by atoms with Crippen LogP contribution in [0.1, 0.15) is 38.1 Å². The van der Waals surface area contributed by atoms with Crippen LogP contribution in [0.4, 0.5) is 0 Å². The molecule has 0 aliphatic carbocycles. The molecule has 0 aliphatic heterocycles. The molecule has 1 N–H and O–H groups in total. The molecule has 0 saturated carbocycles. The molecule has 0 fully saturated rings. The molecule has 104 valence electrons. The van der Waals surface area contributed by atoms with E-state index >= 15 is 0 Å². The predicted molar refractivity (Wildman–Crippen MR) is 77.5 cm³/mol. The van der Waals surface area contributed by atoms with Crippen molar-refractivity contribution >= 4 is 27.6 Å². The molecule has 0 heterocycles. The Kier molecular flexibility index (Phi) is 5.11. The number of ether oxygens (including phenoxy) is 1. The van der Waals surface area contributed by atoms with Gasteiger partial charge in [0.15, 0.2) is 12.4 Å². The molecule has 0 radical (unpaired) electrons. The summed E-state index contributed by atoms with van der Waals surface area (Å²) in [4.78, 5) is 23.1. The Bertz CT molecular complexity index is 492. The van der Waals surface area contributed by atoms with Gasteiger partial charge >= 0.3 is 0 Å². The first kappa shape index (κ1) is 15.7. The van der Waals surface area contributed by atoms with Crippen LogP contribution in [0, 0.1) is 0 Å². The van der Waals surface area contributed by atoms with Gasteiger partial charge in [-0.05, 0) is 45.9 Å². The number of benzene rings is 1. The quantitative estimate of drug-likeness (QED) is 0.865. The summed E-state index contributed by atoms with van der Waals surface area (Å²) in [6, 6.07) is 5.11. The van der Waals surface area contributed by atoms with Crippen LogP contribution in [0.15, 0.2) is 22.7 Å². The van der Waals surface area contributed by atoms with Crippen LogP contribution in [0.5, 0.6) is 5.75 Å². The SMILES string of the molecule is CC(=O)c1ccc(Br)cc1OCC(=O)NC(C)(C)C. The van der Waals surface area contributed by atoms with Crippen molar-refractivity contribution in [1.29, 1.82) is 0 Å². The van der Waals surface area contributed by atoms with Gasteiger partial charge in [0, 0.05) is 10.0 Å². The summed E-state index contributed by atoms with van der Waals surface area (Å²) >= 11 is 3.31. The second-order valence-corrected chi connectivity index (χ2v) is 6.20. The standard InChI is InChI=1S/C14H18BrNO3/c1-9(17)11-6-5-10(15)7-12(11)19-8-13(18)16-14(2,3)4/h5-7H,8H2,1-4H3,(H,16,18). The number of rotatable bonds is 4. The number of hydrogen-bond donors (Lipinski definition) is 1. The number of amides is 1. The molecule has 0 unspecified atom stereocenters. The Balaban J connectivity index is 2.75. The minimum atomic E-state index is -0.304. The molecule has 0 aromatic heterocycles. The van der Waals surface area contributed by atoms with E-state index in [0.717, 1.165) is 4.47 Å². The lowest BCUT2D eigenvalue weighted by atomic mass is 10.1. The van der Waals surface area contributed by atoms with Crippen molar-refractivity contribution in [2.24, 2.45) is 0 Å². The van der Waals surface area contributed by atoms with Gasteiger partial charge < -0.3 is 10.1 Å². The number of halogens is 1. The highest BCUT2D eigenvalue weighted by molar-refractivity contribution is 9.10. The molecule has 1 aromatic rings. The fourth-order valence-electron chi connectivity index (χ4n) is 1.50. The van der Waals surface area contributed by atoms with E-state index in [4.69, 9.17) is 4.74 Å². The molecule has 4 nitrogen and oxygen atoms in total. The maximum Gasteiger partial charge on any atom is 0.258 e. The summed E-state index contributed by atoms with van der Waals surface area (Å²) in [5.74, 6) is 0.0895. The van der Waals surface area contributed by atoms with E-state index in [2.05, 4.69) is 21.2 Å². The average Bonchev–Trinajstić information content (AvgIpc) is 2.23. The molecule has 19 heavy (non-hydrogen) atoms. The van der Waals surface area contributed by atoms with Crippen LogP contribution in [-0.2, 0) is 4.79 Å². The molecule has 5 heteroatoms. The van der Waals surface area contributed by atoms with Gasteiger partial charge in [-0.25, -0.2) is 0 Å². The van der Waals surface area contributed by atoms with E-state index in [1.54, 1.807) is 18.2 Å². The van der Waals surface area contributed by atoms with Crippen molar-refractivity contribution in [3.8, 4) is 5.75 Å². The van der Waals surface area contributed by atoms with Gasteiger partial charge in [0.1, 0.15) is 5.75 Å². The van der Waals surface area contributed by atoms with Crippen molar-refractivity contribution in [2.75, 3.05) is 6.61 Å². The first-order valence-corrected chi connectivity index (χ1v) is 6.72. The van der Waals surface area contributed by atoms with Crippen LogP contribution in [0.2, 0.25) is 0 Å². The van der Waals surface area contributed by atoms with Crippen molar-refractivity contribution in [1.82, 2.24) is 5.32 Å². The second-order valence-electron chi connectivity index (χ2n) is 5.28. The Labute approximate surface area is 121 Å². The monoisotopic (exact) mass is 327 g/mol. The highest BCUT2D eigenvalue weighted by Crippen LogP contribution is 2.24. The van der Waals surface area contributed by atoms with Crippen molar-refractivity contribution in [3.05, 3.63) is 28.2 Å². The first-order valence-electron chi connectivity index (χ1n) is 5.93. The number of carbonyl (C=O) groups is 2. The van der Waals surface area contributed by atoms with Gasteiger partial charge in [0.05, 0.1) is 5.56 Å². The number of carbonyl (C=O) groups excluding carboxylic acids is 2. The summed E-state index contributed by atoms with van der Waals surface area (Å²) in [5, 5.41) is 2.79. The lowest BCUT2D eigenvalue weighted by Crippen LogP contribution is -2.43. The Hall–Kier alpha value is -1.36. The second kappa shape index (κ2) is 6.19. The van der Waals surface area contributed by atoms with Crippen LogP contribution >= 0.6 is 15.9 Å². The molecular formula is C14H18BrNO3. The fraction of sp³-hybridized carbons (Fsp3) is 0.429. The van der Waals surface area contributed by atoms with Crippen molar-refractivity contribution in [3.63, 3.8) is 0 Å². The molecule has 1 amide bonds. The summed E-state index contributed by atoms with van der Waals surface area (Å²) in [7, 11) is 0. The van der Waals surface area contributed by atoms with E-state index < -0.39 is 0 Å². The maximum absolute atomic E-state index is 11.7. The van der Waals surface area contributed by atoms with Crippen molar-refractivity contribution < 1.29 is 14.3 Å².